The fourth-order valence-corrected chi connectivity index (χ4v) is 2.68. The second-order valence-electron chi connectivity index (χ2n) is 2.38. The SMILES string of the molecule is C1CSN(CN2NCCS2)N1. The van der Waals surface area contributed by atoms with Crippen molar-refractivity contribution in [2.45, 2.75) is 0 Å². The number of nitrogens with zero attached hydrogens (tertiary/aromatic N) is 2. The average molecular weight is 192 g/mol. The first kappa shape index (κ1) is 8.15. The zero-order valence-corrected chi connectivity index (χ0v) is 7.88. The molecule has 0 saturated carbocycles. The molecule has 2 fully saturated rings. The smallest absolute Gasteiger partial charge is 0.101 e. The third-order valence-corrected chi connectivity index (χ3v) is 3.42. The summed E-state index contributed by atoms with van der Waals surface area (Å²) in [6.07, 6.45) is 0. The van der Waals surface area contributed by atoms with Crippen molar-refractivity contribution in [2.75, 3.05) is 31.3 Å². The van der Waals surface area contributed by atoms with Crippen LogP contribution in [0.25, 0.3) is 0 Å². The Bertz CT molecular complexity index is 108. The second-order valence-corrected chi connectivity index (χ2v) is 4.60. The summed E-state index contributed by atoms with van der Waals surface area (Å²) >= 11 is 3.71. The Hall–Kier alpha value is 0.540. The van der Waals surface area contributed by atoms with Crippen LogP contribution in [0, 0.1) is 0 Å². The number of nitrogens with one attached hydrogen (secondary N) is 2. The van der Waals surface area contributed by atoms with Gasteiger partial charge in [0.2, 0.25) is 0 Å². The van der Waals surface area contributed by atoms with E-state index in [-0.39, 0.29) is 0 Å². The van der Waals surface area contributed by atoms with Gasteiger partial charge in [0.1, 0.15) is 6.67 Å². The van der Waals surface area contributed by atoms with Gasteiger partial charge in [0.05, 0.1) is 0 Å². The lowest BCUT2D eigenvalue weighted by Gasteiger charge is -2.20. The van der Waals surface area contributed by atoms with Gasteiger partial charge in [-0.25, -0.2) is 10.9 Å². The molecule has 2 aliphatic rings. The fourth-order valence-electron chi connectivity index (χ4n) is 1.04. The van der Waals surface area contributed by atoms with Crippen LogP contribution in [0.4, 0.5) is 0 Å². The molecular formula is C5H12N4S2. The summed E-state index contributed by atoms with van der Waals surface area (Å²) in [6, 6.07) is 0. The molecule has 0 aromatic rings. The van der Waals surface area contributed by atoms with E-state index in [1.54, 1.807) is 0 Å². The molecule has 0 unspecified atom stereocenters. The van der Waals surface area contributed by atoms with E-state index in [4.69, 9.17) is 0 Å². The van der Waals surface area contributed by atoms with Crippen LogP contribution in [-0.2, 0) is 0 Å². The van der Waals surface area contributed by atoms with Gasteiger partial charge >= 0.3 is 0 Å². The first-order chi connectivity index (χ1) is 5.45. The molecule has 0 aromatic heterocycles. The van der Waals surface area contributed by atoms with Crippen molar-refractivity contribution in [3.05, 3.63) is 0 Å². The number of hydrogen-bond acceptors (Lipinski definition) is 6. The second kappa shape index (κ2) is 3.97. The molecule has 6 heteroatoms. The highest BCUT2D eigenvalue weighted by Crippen LogP contribution is 2.17. The minimum Gasteiger partial charge on any atom is -0.243 e. The summed E-state index contributed by atoms with van der Waals surface area (Å²) < 4.78 is 4.34. The van der Waals surface area contributed by atoms with Crippen molar-refractivity contribution in [3.8, 4) is 0 Å². The molecule has 64 valence electrons. The van der Waals surface area contributed by atoms with Gasteiger partial charge in [0.25, 0.3) is 0 Å². The maximum absolute atomic E-state index is 3.28. The van der Waals surface area contributed by atoms with Gasteiger partial charge in [-0.3, -0.25) is 0 Å². The van der Waals surface area contributed by atoms with Crippen LogP contribution < -0.4 is 10.9 Å². The molecule has 0 aliphatic carbocycles. The molecule has 0 atom stereocenters. The van der Waals surface area contributed by atoms with Crippen molar-refractivity contribution < 1.29 is 0 Å². The highest BCUT2D eigenvalue weighted by molar-refractivity contribution is 7.97. The highest BCUT2D eigenvalue weighted by atomic mass is 32.2. The Morgan fingerprint density at radius 3 is 1.91 bits per heavy atom. The zero-order chi connectivity index (χ0) is 7.52. The zero-order valence-electron chi connectivity index (χ0n) is 6.25. The van der Waals surface area contributed by atoms with E-state index < -0.39 is 0 Å². The summed E-state index contributed by atoms with van der Waals surface area (Å²) in [5.41, 5.74) is 6.57. The van der Waals surface area contributed by atoms with E-state index in [0.717, 1.165) is 19.8 Å². The van der Waals surface area contributed by atoms with Gasteiger partial charge in [0, 0.05) is 24.6 Å². The van der Waals surface area contributed by atoms with Crippen LogP contribution in [-0.4, -0.2) is 40.1 Å². The third kappa shape index (κ3) is 2.24. The van der Waals surface area contributed by atoms with E-state index in [0.29, 0.717) is 0 Å². The Labute approximate surface area is 75.3 Å². The Kier molecular flexibility index (Phi) is 2.94. The Morgan fingerprint density at radius 2 is 1.55 bits per heavy atom. The van der Waals surface area contributed by atoms with Crippen LogP contribution in [0.2, 0.25) is 0 Å². The molecule has 2 heterocycles. The first-order valence-electron chi connectivity index (χ1n) is 3.73. The molecule has 4 nitrogen and oxygen atoms in total. The first-order valence-corrected chi connectivity index (χ1v) is 5.61. The predicted molar refractivity (Wildman–Crippen MR) is 49.5 cm³/mol. The van der Waals surface area contributed by atoms with Crippen molar-refractivity contribution in [1.82, 2.24) is 19.7 Å². The van der Waals surface area contributed by atoms with Crippen molar-refractivity contribution in [1.29, 1.82) is 0 Å². The van der Waals surface area contributed by atoms with Crippen LogP contribution in [0.5, 0.6) is 0 Å². The number of hydrazine groups is 2. The van der Waals surface area contributed by atoms with Crippen molar-refractivity contribution in [2.24, 2.45) is 0 Å². The topological polar surface area (TPSA) is 30.5 Å². The van der Waals surface area contributed by atoms with Gasteiger partial charge in [0.15, 0.2) is 0 Å². The molecule has 2 N–H and O–H groups in total. The summed E-state index contributed by atoms with van der Waals surface area (Å²) in [4.78, 5) is 0. The van der Waals surface area contributed by atoms with Crippen LogP contribution >= 0.6 is 23.9 Å². The molecule has 0 spiro atoms. The van der Waals surface area contributed by atoms with Gasteiger partial charge < -0.3 is 0 Å². The molecule has 0 amide bonds. The Morgan fingerprint density at radius 1 is 1.00 bits per heavy atom. The van der Waals surface area contributed by atoms with Crippen molar-refractivity contribution in [3.63, 3.8) is 0 Å². The minimum absolute atomic E-state index is 0.954. The van der Waals surface area contributed by atoms with E-state index in [1.807, 2.05) is 23.9 Å². The molecule has 11 heavy (non-hydrogen) atoms. The highest BCUT2D eigenvalue weighted by Gasteiger charge is 2.18. The van der Waals surface area contributed by atoms with Crippen LogP contribution in [0.1, 0.15) is 0 Å². The molecule has 0 radical (unpaired) electrons. The molecule has 0 bridgehead atoms. The lowest BCUT2D eigenvalue weighted by molar-refractivity contribution is 0.245. The van der Waals surface area contributed by atoms with Gasteiger partial charge in [-0.1, -0.05) is 23.9 Å². The van der Waals surface area contributed by atoms with Crippen LogP contribution in [0.15, 0.2) is 0 Å². The van der Waals surface area contributed by atoms with Gasteiger partial charge in [-0.15, -0.1) is 0 Å². The fraction of sp³-hybridized carbons (Fsp3) is 1.00. The molecule has 2 saturated heterocycles. The predicted octanol–water partition coefficient (Wildman–Crippen LogP) is -0.119. The summed E-state index contributed by atoms with van der Waals surface area (Å²) in [7, 11) is 0. The maximum Gasteiger partial charge on any atom is 0.101 e. The van der Waals surface area contributed by atoms with E-state index in [2.05, 4.69) is 19.7 Å². The number of rotatable bonds is 2. The summed E-state index contributed by atoms with van der Waals surface area (Å²) in [5.74, 6) is 2.39. The van der Waals surface area contributed by atoms with E-state index in [9.17, 15) is 0 Å². The Balaban J connectivity index is 1.71. The standard InChI is InChI=1S/C5H12N4S2/c1-3-10-8(6-1)5-9-7-2-4-11-9/h6-7H,1-5H2. The van der Waals surface area contributed by atoms with E-state index in [1.165, 1.54) is 11.5 Å². The quantitative estimate of drug-likeness (QED) is 0.593. The number of hydrogen-bond donors (Lipinski definition) is 2. The molecule has 0 aromatic carbocycles. The van der Waals surface area contributed by atoms with Crippen molar-refractivity contribution >= 4 is 23.9 Å². The lowest BCUT2D eigenvalue weighted by atomic mass is 10.8. The normalized spacial score (nSPS) is 28.4. The molecule has 2 rings (SSSR count). The maximum atomic E-state index is 3.28. The third-order valence-electron chi connectivity index (χ3n) is 1.53. The summed E-state index contributed by atoms with van der Waals surface area (Å²) in [5, 5.41) is 0. The average Bonchev–Trinajstić information content (AvgIpc) is 2.60. The largest absolute Gasteiger partial charge is 0.243 e. The molecule has 2 aliphatic heterocycles. The van der Waals surface area contributed by atoms with Gasteiger partial charge in [-0.2, -0.15) is 8.83 Å². The van der Waals surface area contributed by atoms with Gasteiger partial charge in [-0.05, 0) is 0 Å². The van der Waals surface area contributed by atoms with E-state index >= 15 is 0 Å². The monoisotopic (exact) mass is 192 g/mol. The lowest BCUT2D eigenvalue weighted by Crippen LogP contribution is -2.39. The molecular weight excluding hydrogens is 180 g/mol. The minimum atomic E-state index is 0.954. The summed E-state index contributed by atoms with van der Waals surface area (Å²) in [6.45, 7) is 3.15. The van der Waals surface area contributed by atoms with Crippen LogP contribution in [0.3, 0.4) is 0 Å².